The minimum Gasteiger partial charge on any atom is -0.497 e. The van der Waals surface area contributed by atoms with E-state index in [1.54, 1.807) is 38.5 Å². The zero-order valence-electron chi connectivity index (χ0n) is 12.7. The summed E-state index contributed by atoms with van der Waals surface area (Å²) < 4.78 is 12.0. The van der Waals surface area contributed by atoms with E-state index in [0.717, 1.165) is 21.4 Å². The third-order valence-electron chi connectivity index (χ3n) is 3.27. The predicted octanol–water partition coefficient (Wildman–Crippen LogP) is 0.385. The average molecular weight is 331 g/mol. The Balaban J connectivity index is 2.24. The number of thiazole rings is 1. The summed E-state index contributed by atoms with van der Waals surface area (Å²) in [4.78, 5) is 28.1. The minimum absolute atomic E-state index is 0.186. The van der Waals surface area contributed by atoms with Gasteiger partial charge in [0.15, 0.2) is 0 Å². The van der Waals surface area contributed by atoms with Crippen molar-refractivity contribution in [2.75, 3.05) is 14.2 Å². The number of rotatable bonds is 3. The van der Waals surface area contributed by atoms with Crippen molar-refractivity contribution in [2.45, 2.75) is 6.92 Å². The number of nitrogens with zero attached hydrogens (tertiary/aromatic N) is 3. The van der Waals surface area contributed by atoms with Gasteiger partial charge in [0.2, 0.25) is 4.96 Å². The second kappa shape index (κ2) is 5.81. The molecule has 7 nitrogen and oxygen atoms in total. The summed E-state index contributed by atoms with van der Waals surface area (Å²) in [6.07, 6.45) is 1.68. The van der Waals surface area contributed by atoms with E-state index in [-0.39, 0.29) is 16.2 Å². The molecule has 0 radical (unpaired) electrons. The van der Waals surface area contributed by atoms with E-state index in [4.69, 9.17) is 9.47 Å². The fraction of sp³-hybridized carbons (Fsp3) is 0.200. The van der Waals surface area contributed by atoms with E-state index in [2.05, 4.69) is 10.1 Å². The zero-order valence-corrected chi connectivity index (χ0v) is 13.5. The third-order valence-corrected chi connectivity index (χ3v) is 4.23. The molecule has 0 N–H and O–H groups in total. The number of aromatic nitrogens is 3. The summed E-state index contributed by atoms with van der Waals surface area (Å²) in [5, 5.41) is 3.98. The van der Waals surface area contributed by atoms with Crippen LogP contribution in [0.15, 0.2) is 27.8 Å². The van der Waals surface area contributed by atoms with E-state index >= 15 is 0 Å². The lowest BCUT2D eigenvalue weighted by molar-refractivity contribution is 0.393. The maximum atomic E-state index is 12.4. The molecule has 0 spiro atoms. The highest BCUT2D eigenvalue weighted by Gasteiger charge is 2.09. The third kappa shape index (κ3) is 2.68. The molecular formula is C15H13N3O4S. The van der Waals surface area contributed by atoms with Gasteiger partial charge >= 0.3 is 0 Å². The SMILES string of the molecule is COc1ccc(/C=c2/sc3nc(=O)c(C)nn3c2=O)c(OC)c1. The largest absolute Gasteiger partial charge is 0.497 e. The van der Waals surface area contributed by atoms with E-state index in [9.17, 15) is 9.59 Å². The molecule has 0 saturated carbocycles. The molecule has 0 saturated heterocycles. The first-order valence-electron chi connectivity index (χ1n) is 6.67. The van der Waals surface area contributed by atoms with Crippen LogP contribution in [0.25, 0.3) is 11.0 Å². The van der Waals surface area contributed by atoms with E-state index in [1.165, 1.54) is 6.92 Å². The Morgan fingerprint density at radius 3 is 2.70 bits per heavy atom. The van der Waals surface area contributed by atoms with Gasteiger partial charge in [0.1, 0.15) is 17.2 Å². The molecule has 0 amide bonds. The lowest BCUT2D eigenvalue weighted by Gasteiger charge is -2.06. The normalized spacial score (nSPS) is 11.9. The second-order valence-electron chi connectivity index (χ2n) is 4.72. The first-order valence-corrected chi connectivity index (χ1v) is 7.49. The van der Waals surface area contributed by atoms with Crippen molar-refractivity contribution in [2.24, 2.45) is 0 Å². The molecule has 1 aromatic carbocycles. The molecule has 8 heteroatoms. The van der Waals surface area contributed by atoms with Gasteiger partial charge in [-0.1, -0.05) is 11.3 Å². The molecule has 23 heavy (non-hydrogen) atoms. The van der Waals surface area contributed by atoms with Crippen LogP contribution in [0, 0.1) is 6.92 Å². The quantitative estimate of drug-likeness (QED) is 0.690. The van der Waals surface area contributed by atoms with Gasteiger partial charge in [-0.3, -0.25) is 9.59 Å². The molecular weight excluding hydrogens is 318 g/mol. The van der Waals surface area contributed by atoms with Crippen LogP contribution in [0.2, 0.25) is 0 Å². The van der Waals surface area contributed by atoms with Gasteiger partial charge in [0, 0.05) is 11.6 Å². The standard InChI is InChI=1S/C15H13N3O4S/c1-8-13(19)16-15-18(17-8)14(20)12(23-15)6-9-4-5-10(21-2)7-11(9)22-3/h4-7H,1-3H3/b12-6+. The number of ether oxygens (including phenoxy) is 2. The molecule has 0 bridgehead atoms. The molecule has 0 fully saturated rings. The van der Waals surface area contributed by atoms with Crippen LogP contribution in [0.4, 0.5) is 0 Å². The van der Waals surface area contributed by atoms with Crippen molar-refractivity contribution in [3.63, 3.8) is 0 Å². The van der Waals surface area contributed by atoms with Gasteiger partial charge in [-0.05, 0) is 25.1 Å². The lowest BCUT2D eigenvalue weighted by atomic mass is 10.2. The summed E-state index contributed by atoms with van der Waals surface area (Å²) in [7, 11) is 3.11. The van der Waals surface area contributed by atoms with Crippen molar-refractivity contribution in [3.05, 3.63) is 54.7 Å². The monoisotopic (exact) mass is 331 g/mol. The number of hydrogen-bond donors (Lipinski definition) is 0. The fourth-order valence-electron chi connectivity index (χ4n) is 2.07. The summed E-state index contributed by atoms with van der Waals surface area (Å²) in [6, 6.07) is 5.29. The zero-order chi connectivity index (χ0) is 16.6. The Morgan fingerprint density at radius 2 is 2.00 bits per heavy atom. The van der Waals surface area contributed by atoms with Crippen molar-refractivity contribution in [1.29, 1.82) is 0 Å². The number of hydrogen-bond acceptors (Lipinski definition) is 7. The molecule has 0 unspecified atom stereocenters. The Bertz CT molecular complexity index is 1050. The van der Waals surface area contributed by atoms with Gasteiger partial charge in [0.25, 0.3) is 11.1 Å². The van der Waals surface area contributed by atoms with Crippen molar-refractivity contribution >= 4 is 22.4 Å². The van der Waals surface area contributed by atoms with E-state index < -0.39 is 5.56 Å². The van der Waals surface area contributed by atoms with Gasteiger partial charge in [0.05, 0.1) is 18.8 Å². The molecule has 2 heterocycles. The predicted molar refractivity (Wildman–Crippen MR) is 86.5 cm³/mol. The summed E-state index contributed by atoms with van der Waals surface area (Å²) in [5.74, 6) is 1.23. The number of aryl methyl sites for hydroxylation is 1. The molecule has 0 atom stereocenters. The maximum Gasteiger partial charge on any atom is 0.295 e. The maximum absolute atomic E-state index is 12.4. The molecule has 0 aliphatic rings. The second-order valence-corrected chi connectivity index (χ2v) is 5.73. The molecule has 118 valence electrons. The number of methoxy groups -OCH3 is 2. The minimum atomic E-state index is -0.431. The molecule has 0 aliphatic carbocycles. The summed E-state index contributed by atoms with van der Waals surface area (Å²) in [5.41, 5.74) is 0.154. The molecule has 3 aromatic rings. The van der Waals surface area contributed by atoms with Crippen LogP contribution in [-0.2, 0) is 0 Å². The van der Waals surface area contributed by atoms with Crippen LogP contribution >= 0.6 is 11.3 Å². The van der Waals surface area contributed by atoms with E-state index in [0.29, 0.717) is 16.0 Å². The van der Waals surface area contributed by atoms with Crippen molar-refractivity contribution < 1.29 is 9.47 Å². The van der Waals surface area contributed by atoms with Crippen molar-refractivity contribution in [1.82, 2.24) is 14.6 Å². The fourth-order valence-corrected chi connectivity index (χ4v) is 2.96. The Labute approximate surface area is 134 Å². The summed E-state index contributed by atoms with van der Waals surface area (Å²) >= 11 is 1.11. The molecule has 2 aromatic heterocycles. The van der Waals surface area contributed by atoms with E-state index in [1.807, 2.05) is 0 Å². The number of fused-ring (bicyclic) bond motifs is 1. The highest BCUT2D eigenvalue weighted by atomic mass is 32.1. The Hall–Kier alpha value is -2.74. The number of benzene rings is 1. The lowest BCUT2D eigenvalue weighted by Crippen LogP contribution is -2.27. The molecule has 0 aliphatic heterocycles. The average Bonchev–Trinajstić information content (AvgIpc) is 2.84. The highest BCUT2D eigenvalue weighted by Crippen LogP contribution is 2.24. The van der Waals surface area contributed by atoms with Crippen molar-refractivity contribution in [3.8, 4) is 11.5 Å². The Morgan fingerprint density at radius 1 is 1.22 bits per heavy atom. The van der Waals surface area contributed by atoms with Gasteiger partial charge in [-0.2, -0.15) is 14.6 Å². The van der Waals surface area contributed by atoms with Gasteiger partial charge < -0.3 is 9.47 Å². The van der Waals surface area contributed by atoms with Gasteiger partial charge in [-0.25, -0.2) is 0 Å². The van der Waals surface area contributed by atoms with Gasteiger partial charge in [-0.15, -0.1) is 0 Å². The smallest absolute Gasteiger partial charge is 0.295 e. The Kier molecular flexibility index (Phi) is 3.83. The van der Waals surface area contributed by atoms with Crippen LogP contribution in [0.1, 0.15) is 11.3 Å². The molecule has 3 rings (SSSR count). The van der Waals surface area contributed by atoms with Crippen LogP contribution < -0.4 is 25.1 Å². The summed E-state index contributed by atoms with van der Waals surface area (Å²) in [6.45, 7) is 1.52. The first kappa shape index (κ1) is 15.2. The highest BCUT2D eigenvalue weighted by molar-refractivity contribution is 7.15. The van der Waals surface area contributed by atoms with Crippen LogP contribution in [0.5, 0.6) is 11.5 Å². The van der Waals surface area contributed by atoms with Crippen LogP contribution in [0.3, 0.4) is 0 Å². The first-order chi connectivity index (χ1) is 11.0. The van der Waals surface area contributed by atoms with Crippen LogP contribution in [-0.4, -0.2) is 28.8 Å². The topological polar surface area (TPSA) is 82.8 Å².